The van der Waals surface area contributed by atoms with Crippen LogP contribution in [0.2, 0.25) is 0 Å². The highest BCUT2D eigenvalue weighted by Crippen LogP contribution is 2.38. The van der Waals surface area contributed by atoms with Crippen LogP contribution in [0.25, 0.3) is 5.70 Å². The largest absolute Gasteiger partial charge is 0.493 e. The van der Waals surface area contributed by atoms with E-state index < -0.39 is 6.04 Å². The van der Waals surface area contributed by atoms with E-state index >= 15 is 0 Å². The number of benzene rings is 2. The number of carbonyl (C=O) groups excluding carboxylic acids is 1. The Hall–Kier alpha value is -3.33. The highest BCUT2D eigenvalue weighted by Gasteiger charge is 2.32. The van der Waals surface area contributed by atoms with Crippen LogP contribution in [0.15, 0.2) is 66.3 Å². The van der Waals surface area contributed by atoms with Crippen molar-refractivity contribution in [3.63, 3.8) is 0 Å². The summed E-state index contributed by atoms with van der Waals surface area (Å²) in [5.41, 5.74) is 10.3. The molecule has 0 saturated carbocycles. The van der Waals surface area contributed by atoms with Crippen molar-refractivity contribution in [2.24, 2.45) is 11.7 Å². The van der Waals surface area contributed by atoms with Gasteiger partial charge in [0.05, 0.1) is 27.4 Å². The van der Waals surface area contributed by atoms with Gasteiger partial charge in [-0.1, -0.05) is 30.3 Å². The van der Waals surface area contributed by atoms with Crippen LogP contribution < -0.4 is 15.2 Å². The minimum atomic E-state index is -0.539. The average Bonchev–Trinajstić information content (AvgIpc) is 3.01. The zero-order chi connectivity index (χ0) is 27.9. The van der Waals surface area contributed by atoms with Gasteiger partial charge in [-0.2, -0.15) is 0 Å². The molecule has 5 rings (SSSR count). The molecule has 1 unspecified atom stereocenters. The van der Waals surface area contributed by atoms with Crippen molar-refractivity contribution in [1.82, 2.24) is 14.7 Å². The monoisotopic (exact) mass is 546 g/mol. The van der Waals surface area contributed by atoms with E-state index in [1.807, 2.05) is 36.4 Å². The number of allylic oxidation sites excluding steroid dienone is 2. The third-order valence-electron chi connectivity index (χ3n) is 8.36. The standard InChI is InChI=1S/C32H42N4O4/c1-38-30-9-8-26(22-31(30)39-2)28-20-27(21-29(32(33)37)36(28)23-24-6-4-3-5-7-24)25-10-12-34(13-11-25)14-15-35-16-18-40-19-17-35/h3-9,20-22,25,29H,10-19,23H2,1-2H3,(H2,33,37). The van der Waals surface area contributed by atoms with Crippen LogP contribution in [-0.4, -0.2) is 93.4 Å². The van der Waals surface area contributed by atoms with Crippen LogP contribution in [0.3, 0.4) is 0 Å². The fraction of sp³-hybridized carbons (Fsp3) is 0.469. The molecule has 8 heteroatoms. The molecule has 40 heavy (non-hydrogen) atoms. The Bertz CT molecular complexity index is 1200. The van der Waals surface area contributed by atoms with E-state index in [1.54, 1.807) is 14.2 Å². The van der Waals surface area contributed by atoms with Crippen molar-refractivity contribution in [1.29, 1.82) is 0 Å². The van der Waals surface area contributed by atoms with Gasteiger partial charge in [0.1, 0.15) is 6.04 Å². The summed E-state index contributed by atoms with van der Waals surface area (Å²) in [4.78, 5) is 20.1. The topological polar surface area (TPSA) is 80.5 Å². The molecule has 0 aliphatic carbocycles. The second kappa shape index (κ2) is 13.4. The molecule has 214 valence electrons. The van der Waals surface area contributed by atoms with Gasteiger partial charge in [-0.05, 0) is 73.3 Å². The van der Waals surface area contributed by atoms with Crippen molar-refractivity contribution in [3.8, 4) is 11.5 Å². The molecule has 0 bridgehead atoms. The number of hydrogen-bond donors (Lipinski definition) is 1. The number of nitrogens with two attached hydrogens (primary N) is 1. The number of carbonyl (C=O) groups is 1. The fourth-order valence-corrected chi connectivity index (χ4v) is 6.01. The first-order valence-electron chi connectivity index (χ1n) is 14.3. The maximum absolute atomic E-state index is 12.9. The van der Waals surface area contributed by atoms with E-state index in [1.165, 1.54) is 5.57 Å². The van der Waals surface area contributed by atoms with Gasteiger partial charge >= 0.3 is 0 Å². The minimum absolute atomic E-state index is 0.345. The summed E-state index contributed by atoms with van der Waals surface area (Å²) < 4.78 is 16.6. The molecule has 2 fully saturated rings. The molecule has 0 spiro atoms. The Morgan fingerprint density at radius 3 is 2.25 bits per heavy atom. The molecule has 2 saturated heterocycles. The van der Waals surface area contributed by atoms with Crippen LogP contribution in [0.5, 0.6) is 11.5 Å². The maximum atomic E-state index is 12.9. The number of methoxy groups -OCH3 is 2. The molecule has 0 aromatic heterocycles. The van der Waals surface area contributed by atoms with Gasteiger partial charge < -0.3 is 29.7 Å². The van der Waals surface area contributed by atoms with Crippen LogP contribution >= 0.6 is 0 Å². The number of hydrogen-bond acceptors (Lipinski definition) is 7. The van der Waals surface area contributed by atoms with E-state index in [9.17, 15) is 4.79 Å². The molecule has 8 nitrogen and oxygen atoms in total. The first kappa shape index (κ1) is 28.2. The lowest BCUT2D eigenvalue weighted by atomic mass is 9.84. The SMILES string of the molecule is COc1ccc(C2=CC(C3CCN(CCN4CCOCC4)CC3)=CC(C(N)=O)N2Cc2ccccc2)cc1OC. The third kappa shape index (κ3) is 6.69. The summed E-state index contributed by atoms with van der Waals surface area (Å²) in [6, 6.07) is 15.6. The molecular formula is C32H42N4O4. The molecule has 3 aliphatic rings. The molecule has 1 atom stereocenters. The highest BCUT2D eigenvalue weighted by atomic mass is 16.5. The molecule has 2 N–H and O–H groups in total. The number of piperidine rings is 1. The quantitative estimate of drug-likeness (QED) is 0.489. The molecule has 1 amide bonds. The zero-order valence-electron chi connectivity index (χ0n) is 23.8. The van der Waals surface area contributed by atoms with E-state index in [4.69, 9.17) is 19.9 Å². The lowest BCUT2D eigenvalue weighted by Gasteiger charge is -2.39. The molecule has 2 aromatic rings. The lowest BCUT2D eigenvalue weighted by molar-refractivity contribution is -0.120. The van der Waals surface area contributed by atoms with Crippen molar-refractivity contribution < 1.29 is 19.0 Å². The minimum Gasteiger partial charge on any atom is -0.493 e. The zero-order valence-corrected chi connectivity index (χ0v) is 23.8. The van der Waals surface area contributed by atoms with Gasteiger partial charge in [-0.25, -0.2) is 0 Å². The summed E-state index contributed by atoms with van der Waals surface area (Å²) in [6.45, 7) is 8.61. The Balaban J connectivity index is 1.38. The molecule has 2 aromatic carbocycles. The molecule has 3 aliphatic heterocycles. The van der Waals surface area contributed by atoms with Gasteiger partial charge in [0.2, 0.25) is 5.91 Å². The van der Waals surface area contributed by atoms with Crippen molar-refractivity contribution >= 4 is 11.6 Å². The van der Waals surface area contributed by atoms with Gasteiger partial charge in [0, 0.05) is 44.0 Å². The third-order valence-corrected chi connectivity index (χ3v) is 8.36. The van der Waals surface area contributed by atoms with Gasteiger partial charge in [0.15, 0.2) is 11.5 Å². The first-order valence-corrected chi connectivity index (χ1v) is 14.3. The maximum Gasteiger partial charge on any atom is 0.244 e. The lowest BCUT2D eigenvalue weighted by Crippen LogP contribution is -2.45. The number of primary amides is 1. The Kier molecular flexibility index (Phi) is 9.41. The van der Waals surface area contributed by atoms with Crippen LogP contribution in [0.1, 0.15) is 24.0 Å². The first-order chi connectivity index (χ1) is 19.6. The van der Waals surface area contributed by atoms with Crippen LogP contribution in [-0.2, 0) is 16.1 Å². The van der Waals surface area contributed by atoms with E-state index in [2.05, 4.69) is 39.0 Å². The molecule has 3 heterocycles. The number of nitrogens with zero attached hydrogens (tertiary/aromatic N) is 3. The normalized spacial score (nSPS) is 21.1. The fourth-order valence-electron chi connectivity index (χ4n) is 6.01. The summed E-state index contributed by atoms with van der Waals surface area (Å²) in [7, 11) is 3.28. The average molecular weight is 547 g/mol. The Morgan fingerprint density at radius 2 is 1.60 bits per heavy atom. The number of rotatable bonds is 10. The number of ether oxygens (including phenoxy) is 3. The second-order valence-electron chi connectivity index (χ2n) is 10.8. The summed E-state index contributed by atoms with van der Waals surface area (Å²) in [5.74, 6) is 1.36. The van der Waals surface area contributed by atoms with E-state index in [-0.39, 0.29) is 5.91 Å². The van der Waals surface area contributed by atoms with E-state index in [0.717, 1.165) is 82.1 Å². The molecular weight excluding hydrogens is 504 g/mol. The predicted octanol–water partition coefficient (Wildman–Crippen LogP) is 3.39. The number of morpholine rings is 1. The van der Waals surface area contributed by atoms with Gasteiger partial charge in [-0.3, -0.25) is 9.69 Å². The van der Waals surface area contributed by atoms with Crippen molar-refractivity contribution in [3.05, 3.63) is 77.4 Å². The Labute approximate surface area is 238 Å². The summed E-state index contributed by atoms with van der Waals surface area (Å²) >= 11 is 0. The van der Waals surface area contributed by atoms with Gasteiger partial charge in [-0.15, -0.1) is 0 Å². The van der Waals surface area contributed by atoms with Crippen molar-refractivity contribution in [2.75, 3.05) is 66.7 Å². The highest BCUT2D eigenvalue weighted by molar-refractivity contribution is 5.86. The van der Waals surface area contributed by atoms with Crippen molar-refractivity contribution in [2.45, 2.75) is 25.4 Å². The number of amides is 1. The molecule has 0 radical (unpaired) electrons. The van der Waals surface area contributed by atoms with Gasteiger partial charge in [0.25, 0.3) is 0 Å². The van der Waals surface area contributed by atoms with Crippen LogP contribution in [0, 0.1) is 5.92 Å². The number of likely N-dealkylation sites (tertiary alicyclic amines) is 1. The second-order valence-corrected chi connectivity index (χ2v) is 10.8. The summed E-state index contributed by atoms with van der Waals surface area (Å²) in [6.07, 6.45) is 6.49. The van der Waals surface area contributed by atoms with Crippen LogP contribution in [0.4, 0.5) is 0 Å². The smallest absolute Gasteiger partial charge is 0.244 e. The summed E-state index contributed by atoms with van der Waals surface area (Å²) in [5, 5.41) is 0. The Morgan fingerprint density at radius 1 is 0.925 bits per heavy atom. The predicted molar refractivity (Wildman–Crippen MR) is 157 cm³/mol. The van der Waals surface area contributed by atoms with E-state index in [0.29, 0.717) is 24.0 Å².